The molecule has 0 aliphatic carbocycles. The van der Waals surface area contributed by atoms with E-state index in [2.05, 4.69) is 5.32 Å². The van der Waals surface area contributed by atoms with Crippen molar-refractivity contribution in [3.05, 3.63) is 29.8 Å². The first-order valence-electron chi connectivity index (χ1n) is 8.34. The second kappa shape index (κ2) is 10.4. The molecule has 6 nitrogen and oxygen atoms in total. The van der Waals surface area contributed by atoms with Gasteiger partial charge in [0.15, 0.2) is 18.1 Å². The molecular formula is C19H27NO5. The minimum atomic E-state index is -0.583. The number of methoxy groups -OCH3 is 1. The SMILES string of the molecule is CC[C@@H](C)NC(=O)COC(=O)/C=C/c1ccc(OC(C)C)c(OC)c1. The average molecular weight is 349 g/mol. The Morgan fingerprint density at radius 3 is 2.52 bits per heavy atom. The summed E-state index contributed by atoms with van der Waals surface area (Å²) in [5.41, 5.74) is 0.758. The van der Waals surface area contributed by atoms with Crippen LogP contribution in [0.4, 0.5) is 0 Å². The van der Waals surface area contributed by atoms with Crippen LogP contribution < -0.4 is 14.8 Å². The summed E-state index contributed by atoms with van der Waals surface area (Å²) >= 11 is 0. The molecule has 1 rings (SSSR count). The summed E-state index contributed by atoms with van der Waals surface area (Å²) < 4.78 is 15.8. The van der Waals surface area contributed by atoms with E-state index in [0.717, 1.165) is 12.0 Å². The number of hydrogen-bond acceptors (Lipinski definition) is 5. The Kier molecular flexibility index (Phi) is 8.53. The Morgan fingerprint density at radius 2 is 1.92 bits per heavy atom. The molecule has 0 aliphatic heterocycles. The standard InChI is InChI=1S/C19H27NO5/c1-6-14(4)20-18(21)12-24-19(22)10-8-15-7-9-16(25-13(2)3)17(11-15)23-5/h7-11,13-14H,6,12H2,1-5H3,(H,20,21)/b10-8+/t14-/m1/s1. The zero-order chi connectivity index (χ0) is 18.8. The normalized spacial score (nSPS) is 12.1. The van der Waals surface area contributed by atoms with Crippen molar-refractivity contribution in [1.82, 2.24) is 5.32 Å². The molecule has 1 atom stereocenters. The van der Waals surface area contributed by atoms with E-state index in [4.69, 9.17) is 14.2 Å². The molecular weight excluding hydrogens is 322 g/mol. The van der Waals surface area contributed by atoms with Gasteiger partial charge in [-0.2, -0.15) is 0 Å². The summed E-state index contributed by atoms with van der Waals surface area (Å²) in [7, 11) is 1.56. The molecule has 1 N–H and O–H groups in total. The van der Waals surface area contributed by atoms with Crippen molar-refractivity contribution in [3.8, 4) is 11.5 Å². The molecule has 0 bridgehead atoms. The van der Waals surface area contributed by atoms with E-state index < -0.39 is 5.97 Å². The quantitative estimate of drug-likeness (QED) is 0.548. The zero-order valence-electron chi connectivity index (χ0n) is 15.5. The van der Waals surface area contributed by atoms with Crippen molar-refractivity contribution in [1.29, 1.82) is 0 Å². The topological polar surface area (TPSA) is 73.9 Å². The van der Waals surface area contributed by atoms with Gasteiger partial charge < -0.3 is 19.5 Å². The molecule has 0 aromatic heterocycles. The van der Waals surface area contributed by atoms with Gasteiger partial charge in [-0.25, -0.2) is 4.79 Å². The lowest BCUT2D eigenvalue weighted by atomic mass is 10.2. The Bertz CT molecular complexity index is 610. The van der Waals surface area contributed by atoms with Crippen LogP contribution in [0, 0.1) is 0 Å². The van der Waals surface area contributed by atoms with Crippen LogP contribution in [0.25, 0.3) is 6.08 Å². The van der Waals surface area contributed by atoms with Crippen LogP contribution >= 0.6 is 0 Å². The Labute approximate surface area is 149 Å². The maximum absolute atomic E-state index is 11.7. The molecule has 0 heterocycles. The van der Waals surface area contributed by atoms with Crippen molar-refractivity contribution < 1.29 is 23.8 Å². The van der Waals surface area contributed by atoms with Crippen molar-refractivity contribution in [2.75, 3.05) is 13.7 Å². The summed E-state index contributed by atoms with van der Waals surface area (Å²) in [6.45, 7) is 7.42. The van der Waals surface area contributed by atoms with Gasteiger partial charge in [0.1, 0.15) is 0 Å². The van der Waals surface area contributed by atoms with Crippen LogP contribution in [-0.4, -0.2) is 37.7 Å². The molecule has 6 heteroatoms. The smallest absolute Gasteiger partial charge is 0.331 e. The van der Waals surface area contributed by atoms with Crippen LogP contribution in [0.15, 0.2) is 24.3 Å². The molecule has 0 unspecified atom stereocenters. The number of amides is 1. The van der Waals surface area contributed by atoms with Gasteiger partial charge in [-0.05, 0) is 51.0 Å². The van der Waals surface area contributed by atoms with E-state index in [1.54, 1.807) is 31.4 Å². The van der Waals surface area contributed by atoms with E-state index in [0.29, 0.717) is 11.5 Å². The predicted octanol–water partition coefficient (Wildman–Crippen LogP) is 2.95. The molecule has 0 saturated carbocycles. The summed E-state index contributed by atoms with van der Waals surface area (Å²) in [5.74, 6) is 0.324. The lowest BCUT2D eigenvalue weighted by Crippen LogP contribution is -2.35. The first kappa shape index (κ1) is 20.5. The molecule has 0 spiro atoms. The van der Waals surface area contributed by atoms with Gasteiger partial charge in [0.2, 0.25) is 0 Å². The van der Waals surface area contributed by atoms with Gasteiger partial charge in [-0.3, -0.25) is 4.79 Å². The van der Waals surface area contributed by atoms with Crippen molar-refractivity contribution in [3.63, 3.8) is 0 Å². The third-order valence-corrected chi connectivity index (χ3v) is 3.33. The summed E-state index contributed by atoms with van der Waals surface area (Å²) in [4.78, 5) is 23.3. The summed E-state index contributed by atoms with van der Waals surface area (Å²) in [6, 6.07) is 5.40. The van der Waals surface area contributed by atoms with Gasteiger partial charge in [-0.1, -0.05) is 13.0 Å². The number of nitrogens with one attached hydrogen (secondary N) is 1. The highest BCUT2D eigenvalue weighted by Crippen LogP contribution is 2.29. The van der Waals surface area contributed by atoms with Gasteiger partial charge in [0.25, 0.3) is 5.91 Å². The van der Waals surface area contributed by atoms with Crippen LogP contribution in [0.3, 0.4) is 0 Å². The minimum absolute atomic E-state index is 0.0341. The fraction of sp³-hybridized carbons (Fsp3) is 0.474. The maximum atomic E-state index is 11.7. The first-order valence-corrected chi connectivity index (χ1v) is 8.34. The molecule has 1 aromatic rings. The third kappa shape index (κ3) is 7.74. The number of benzene rings is 1. The molecule has 0 radical (unpaired) electrons. The first-order chi connectivity index (χ1) is 11.8. The zero-order valence-corrected chi connectivity index (χ0v) is 15.5. The highest BCUT2D eigenvalue weighted by Gasteiger charge is 2.09. The molecule has 0 fully saturated rings. The highest BCUT2D eigenvalue weighted by molar-refractivity contribution is 5.89. The Morgan fingerprint density at radius 1 is 1.20 bits per heavy atom. The summed E-state index contributed by atoms with van der Waals surface area (Å²) in [6.07, 6.45) is 3.72. The van der Waals surface area contributed by atoms with Crippen LogP contribution in [-0.2, 0) is 14.3 Å². The molecule has 25 heavy (non-hydrogen) atoms. The van der Waals surface area contributed by atoms with E-state index >= 15 is 0 Å². The van der Waals surface area contributed by atoms with Crippen molar-refractivity contribution >= 4 is 18.0 Å². The fourth-order valence-corrected chi connectivity index (χ4v) is 1.91. The Balaban J connectivity index is 2.59. The van der Waals surface area contributed by atoms with Crippen LogP contribution in [0.1, 0.15) is 39.7 Å². The maximum Gasteiger partial charge on any atom is 0.331 e. The van der Waals surface area contributed by atoms with Gasteiger partial charge in [0, 0.05) is 12.1 Å². The number of rotatable bonds is 9. The van der Waals surface area contributed by atoms with Crippen LogP contribution in [0.5, 0.6) is 11.5 Å². The second-order valence-corrected chi connectivity index (χ2v) is 5.89. The highest BCUT2D eigenvalue weighted by atomic mass is 16.5. The van der Waals surface area contributed by atoms with E-state index in [-0.39, 0.29) is 24.7 Å². The second-order valence-electron chi connectivity index (χ2n) is 5.89. The van der Waals surface area contributed by atoms with Gasteiger partial charge >= 0.3 is 5.97 Å². The van der Waals surface area contributed by atoms with Gasteiger partial charge in [-0.15, -0.1) is 0 Å². The number of ether oxygens (including phenoxy) is 3. The van der Waals surface area contributed by atoms with Crippen molar-refractivity contribution in [2.45, 2.75) is 46.3 Å². The van der Waals surface area contributed by atoms with E-state index in [1.165, 1.54) is 6.08 Å². The molecule has 138 valence electrons. The fourth-order valence-electron chi connectivity index (χ4n) is 1.91. The summed E-state index contributed by atoms with van der Waals surface area (Å²) in [5, 5.41) is 2.72. The van der Waals surface area contributed by atoms with E-state index in [1.807, 2.05) is 27.7 Å². The minimum Gasteiger partial charge on any atom is -0.493 e. The van der Waals surface area contributed by atoms with Gasteiger partial charge in [0.05, 0.1) is 13.2 Å². The average Bonchev–Trinajstić information content (AvgIpc) is 2.58. The van der Waals surface area contributed by atoms with E-state index in [9.17, 15) is 9.59 Å². The molecule has 0 saturated heterocycles. The number of hydrogen-bond donors (Lipinski definition) is 1. The Hall–Kier alpha value is -2.50. The predicted molar refractivity (Wildman–Crippen MR) is 96.6 cm³/mol. The largest absolute Gasteiger partial charge is 0.493 e. The van der Waals surface area contributed by atoms with Crippen molar-refractivity contribution in [2.24, 2.45) is 0 Å². The lowest BCUT2D eigenvalue weighted by Gasteiger charge is -2.13. The third-order valence-electron chi connectivity index (χ3n) is 3.33. The monoisotopic (exact) mass is 349 g/mol. The molecule has 0 aliphatic rings. The van der Waals surface area contributed by atoms with Crippen LogP contribution in [0.2, 0.25) is 0 Å². The molecule has 1 amide bonds. The number of carbonyl (C=O) groups is 2. The number of esters is 1. The number of carbonyl (C=O) groups excluding carboxylic acids is 2. The lowest BCUT2D eigenvalue weighted by molar-refractivity contribution is -0.144. The molecule has 1 aromatic carbocycles.